The topological polar surface area (TPSA) is 81.1 Å². The molecule has 0 spiro atoms. The van der Waals surface area contributed by atoms with E-state index in [1.807, 2.05) is 18.3 Å². The molecule has 1 aliphatic rings. The molecule has 0 saturated carbocycles. The van der Waals surface area contributed by atoms with Gasteiger partial charge in [0.15, 0.2) is 5.82 Å². The van der Waals surface area contributed by atoms with E-state index in [0.29, 0.717) is 25.3 Å². The summed E-state index contributed by atoms with van der Waals surface area (Å²) in [7, 11) is 1.66. The Hall–Kier alpha value is -1.67. The molecule has 9 heteroatoms. The van der Waals surface area contributed by atoms with Crippen molar-refractivity contribution in [2.75, 3.05) is 19.0 Å². The van der Waals surface area contributed by atoms with Gasteiger partial charge in [-0.2, -0.15) is 5.10 Å². The highest BCUT2D eigenvalue weighted by Gasteiger charge is 2.29. The van der Waals surface area contributed by atoms with Crippen LogP contribution in [0.5, 0.6) is 0 Å². The van der Waals surface area contributed by atoms with Gasteiger partial charge in [-0.25, -0.2) is 0 Å². The van der Waals surface area contributed by atoms with Crippen LogP contribution in [-0.2, 0) is 16.1 Å². The summed E-state index contributed by atoms with van der Waals surface area (Å²) in [6, 6.07) is 5.44. The zero-order valence-electron chi connectivity index (χ0n) is 13.2. The first kappa shape index (κ1) is 20.4. The Balaban J connectivity index is 0.00000144. The minimum Gasteiger partial charge on any atom is -0.380 e. The highest BCUT2D eigenvalue weighted by atomic mass is 35.5. The summed E-state index contributed by atoms with van der Waals surface area (Å²) in [5.41, 5.74) is 1.11. The van der Waals surface area contributed by atoms with Crippen LogP contribution in [0.25, 0.3) is 0 Å². The lowest BCUT2D eigenvalue weighted by Gasteiger charge is -2.09. The minimum absolute atomic E-state index is 0. The highest BCUT2D eigenvalue weighted by Crippen LogP contribution is 2.12. The second-order valence-electron chi connectivity index (χ2n) is 5.30. The number of rotatable bonds is 5. The lowest BCUT2D eigenvalue weighted by molar-refractivity contribution is -0.118. The molecule has 2 N–H and O–H groups in total. The lowest BCUT2D eigenvalue weighted by Crippen LogP contribution is -2.35. The largest absolute Gasteiger partial charge is 0.380 e. The molecule has 3 rings (SSSR count). The number of carbonyl (C=O) groups excluding carboxylic acids is 1. The predicted molar refractivity (Wildman–Crippen MR) is 95.9 cm³/mol. The van der Waals surface area contributed by atoms with Crippen LogP contribution in [0.3, 0.4) is 0 Å². The van der Waals surface area contributed by atoms with E-state index < -0.39 is 0 Å². The molecule has 3 heterocycles. The summed E-state index contributed by atoms with van der Waals surface area (Å²) in [6.45, 7) is 1.34. The maximum Gasteiger partial charge on any atom is 0.242 e. The van der Waals surface area contributed by atoms with Crippen molar-refractivity contribution < 1.29 is 9.53 Å². The van der Waals surface area contributed by atoms with Gasteiger partial charge in [-0.3, -0.25) is 14.5 Å². The third-order valence-electron chi connectivity index (χ3n) is 3.73. The van der Waals surface area contributed by atoms with Gasteiger partial charge in [0.1, 0.15) is 0 Å². The van der Waals surface area contributed by atoms with Crippen molar-refractivity contribution in [1.29, 1.82) is 0 Å². The maximum absolute atomic E-state index is 12.2. The molecule has 1 aliphatic heterocycles. The van der Waals surface area contributed by atoms with Crippen molar-refractivity contribution in [2.45, 2.75) is 25.1 Å². The molecule has 2 aromatic heterocycles. The van der Waals surface area contributed by atoms with Crippen LogP contribution in [-0.4, -0.2) is 46.5 Å². The molecule has 0 unspecified atom stereocenters. The Labute approximate surface area is 153 Å². The summed E-state index contributed by atoms with van der Waals surface area (Å²) in [5, 5.41) is 10.3. The molecule has 24 heavy (non-hydrogen) atoms. The Kier molecular flexibility index (Phi) is 8.14. The number of nitrogens with one attached hydrogen (secondary N) is 2. The second kappa shape index (κ2) is 9.58. The highest BCUT2D eigenvalue weighted by molar-refractivity contribution is 5.94. The van der Waals surface area contributed by atoms with Crippen LogP contribution in [0.4, 0.5) is 5.82 Å². The molecule has 1 saturated heterocycles. The Morgan fingerprint density at radius 1 is 1.38 bits per heavy atom. The van der Waals surface area contributed by atoms with Gasteiger partial charge in [-0.1, -0.05) is 0 Å². The molecule has 1 amide bonds. The fraction of sp³-hybridized carbons (Fsp3) is 0.400. The van der Waals surface area contributed by atoms with Crippen LogP contribution in [0.1, 0.15) is 12.0 Å². The molecule has 2 aromatic rings. The summed E-state index contributed by atoms with van der Waals surface area (Å²) in [6.07, 6.45) is 6.12. The van der Waals surface area contributed by atoms with Crippen molar-refractivity contribution >= 4 is 36.5 Å². The van der Waals surface area contributed by atoms with Crippen molar-refractivity contribution in [2.24, 2.45) is 0 Å². The number of hydrogen-bond acceptors (Lipinski definition) is 5. The number of methoxy groups -OCH3 is 1. The predicted octanol–water partition coefficient (Wildman–Crippen LogP) is 1.49. The number of anilines is 1. The first-order chi connectivity index (χ1) is 10.7. The summed E-state index contributed by atoms with van der Waals surface area (Å²) in [4.78, 5) is 16.1. The molecule has 0 radical (unpaired) electrons. The van der Waals surface area contributed by atoms with E-state index in [0.717, 1.165) is 5.56 Å². The molecular formula is C15H21Cl2N5O2. The normalized spacial score (nSPS) is 19.2. The van der Waals surface area contributed by atoms with E-state index in [1.54, 1.807) is 30.3 Å². The van der Waals surface area contributed by atoms with Crippen molar-refractivity contribution in [3.8, 4) is 0 Å². The average molecular weight is 374 g/mol. The van der Waals surface area contributed by atoms with Gasteiger partial charge in [0.05, 0.1) is 18.7 Å². The van der Waals surface area contributed by atoms with Crippen molar-refractivity contribution in [3.63, 3.8) is 0 Å². The molecular weight excluding hydrogens is 353 g/mol. The molecule has 132 valence electrons. The SMILES string of the molecule is CO[C@@H]1CN[C@H](C(=O)Nc2ccn(Cc3ccncc3)n2)C1.Cl.Cl. The second-order valence-corrected chi connectivity index (χ2v) is 5.30. The monoisotopic (exact) mass is 373 g/mol. The standard InChI is InChI=1S/C15H19N5O2.2ClH/c1-22-12-8-13(17-9-12)15(21)18-14-4-7-20(19-14)10-11-2-5-16-6-3-11;;/h2-7,12-13,17H,8-10H2,1H3,(H,18,19,21);2*1H/t12-,13-;;/m0../s1. The third-order valence-corrected chi connectivity index (χ3v) is 3.73. The smallest absolute Gasteiger partial charge is 0.242 e. The fourth-order valence-electron chi connectivity index (χ4n) is 2.49. The van der Waals surface area contributed by atoms with Gasteiger partial charge in [-0.05, 0) is 24.1 Å². The van der Waals surface area contributed by atoms with Crippen LogP contribution < -0.4 is 10.6 Å². The summed E-state index contributed by atoms with van der Waals surface area (Å²) in [5.74, 6) is 0.482. The first-order valence-electron chi connectivity index (χ1n) is 7.24. The van der Waals surface area contributed by atoms with Crippen LogP contribution >= 0.6 is 24.8 Å². The van der Waals surface area contributed by atoms with E-state index in [1.165, 1.54) is 0 Å². The average Bonchev–Trinajstić information content (AvgIpc) is 3.17. The number of aromatic nitrogens is 3. The zero-order chi connectivity index (χ0) is 15.4. The van der Waals surface area contributed by atoms with Gasteiger partial charge >= 0.3 is 0 Å². The van der Waals surface area contributed by atoms with Gasteiger partial charge in [0, 0.05) is 38.3 Å². The first-order valence-corrected chi connectivity index (χ1v) is 7.24. The van der Waals surface area contributed by atoms with E-state index >= 15 is 0 Å². The van der Waals surface area contributed by atoms with Gasteiger partial charge in [0.25, 0.3) is 0 Å². The summed E-state index contributed by atoms with van der Waals surface area (Å²) < 4.78 is 7.03. The van der Waals surface area contributed by atoms with Crippen LogP contribution in [0.15, 0.2) is 36.8 Å². The van der Waals surface area contributed by atoms with Crippen molar-refractivity contribution in [1.82, 2.24) is 20.1 Å². The number of amides is 1. The van der Waals surface area contributed by atoms with E-state index in [9.17, 15) is 4.79 Å². The zero-order valence-corrected chi connectivity index (χ0v) is 14.8. The molecule has 0 bridgehead atoms. The number of nitrogens with zero attached hydrogens (tertiary/aromatic N) is 3. The Bertz CT molecular complexity index is 638. The van der Waals surface area contributed by atoms with E-state index in [-0.39, 0.29) is 42.9 Å². The van der Waals surface area contributed by atoms with Crippen LogP contribution in [0.2, 0.25) is 0 Å². The van der Waals surface area contributed by atoms with Gasteiger partial charge in [-0.15, -0.1) is 24.8 Å². The van der Waals surface area contributed by atoms with Crippen molar-refractivity contribution in [3.05, 3.63) is 42.4 Å². The number of carbonyl (C=O) groups is 1. The minimum atomic E-state index is -0.227. The third kappa shape index (κ3) is 5.17. The number of hydrogen-bond donors (Lipinski definition) is 2. The number of pyridine rings is 1. The molecule has 0 aliphatic carbocycles. The summed E-state index contributed by atoms with van der Waals surface area (Å²) >= 11 is 0. The number of ether oxygens (including phenoxy) is 1. The van der Waals surface area contributed by atoms with Gasteiger partial charge in [0.2, 0.25) is 5.91 Å². The maximum atomic E-state index is 12.2. The molecule has 0 aromatic carbocycles. The quantitative estimate of drug-likeness (QED) is 0.829. The Morgan fingerprint density at radius 3 is 2.79 bits per heavy atom. The Morgan fingerprint density at radius 2 is 2.12 bits per heavy atom. The molecule has 7 nitrogen and oxygen atoms in total. The van der Waals surface area contributed by atoms with E-state index in [4.69, 9.17) is 4.74 Å². The van der Waals surface area contributed by atoms with Gasteiger partial charge < -0.3 is 15.4 Å². The molecule has 2 atom stereocenters. The molecule has 1 fully saturated rings. The fourth-order valence-corrected chi connectivity index (χ4v) is 2.49. The van der Waals surface area contributed by atoms with E-state index in [2.05, 4.69) is 20.7 Å². The van der Waals surface area contributed by atoms with Crippen LogP contribution in [0, 0.1) is 0 Å². The lowest BCUT2D eigenvalue weighted by atomic mass is 10.2. The number of halogens is 2.